The van der Waals surface area contributed by atoms with Crippen molar-refractivity contribution in [2.75, 3.05) is 7.11 Å². The number of ether oxygens (including phenoxy) is 5. The lowest BCUT2D eigenvalue weighted by atomic mass is 9.94. The molecule has 1 aliphatic rings. The third-order valence-electron chi connectivity index (χ3n) is 5.39. The van der Waals surface area contributed by atoms with Crippen molar-refractivity contribution in [3.63, 3.8) is 0 Å². The van der Waals surface area contributed by atoms with Crippen LogP contribution >= 0.6 is 0 Å². The highest BCUT2D eigenvalue weighted by molar-refractivity contribution is 5.73. The van der Waals surface area contributed by atoms with Crippen LogP contribution in [0.4, 0.5) is 9.59 Å². The fourth-order valence-corrected chi connectivity index (χ4v) is 3.72. The van der Waals surface area contributed by atoms with Crippen LogP contribution < -0.4 is 10.6 Å². The van der Waals surface area contributed by atoms with Gasteiger partial charge in [0.2, 0.25) is 5.91 Å². The molecule has 0 bridgehead atoms. The summed E-state index contributed by atoms with van der Waals surface area (Å²) in [6, 6.07) is 16.5. The average Bonchev–Trinajstić information content (AvgIpc) is 2.86. The van der Waals surface area contributed by atoms with Gasteiger partial charge < -0.3 is 34.3 Å². The van der Waals surface area contributed by atoms with Crippen molar-refractivity contribution in [3.05, 3.63) is 71.8 Å². The van der Waals surface area contributed by atoms with Gasteiger partial charge in [0.15, 0.2) is 12.4 Å². The lowest BCUT2D eigenvalue weighted by Gasteiger charge is -2.44. The van der Waals surface area contributed by atoms with E-state index < -0.39 is 48.7 Å². The van der Waals surface area contributed by atoms with Crippen LogP contribution in [0.15, 0.2) is 60.7 Å². The number of amides is 2. The molecule has 10 heteroatoms. The lowest BCUT2D eigenvalue weighted by Crippen LogP contribution is -2.68. The molecule has 0 aromatic heterocycles. The maximum Gasteiger partial charge on any atom is 0.509 e. The minimum absolute atomic E-state index is 0.00578. The summed E-state index contributed by atoms with van der Waals surface area (Å²) in [5.41, 5.74) is 1.58. The zero-order chi connectivity index (χ0) is 25.2. The monoisotopic (exact) mass is 486 g/mol. The molecule has 10 nitrogen and oxygen atoms in total. The molecule has 0 radical (unpaired) electrons. The molecule has 0 unspecified atom stereocenters. The molecular weight excluding hydrogens is 456 g/mol. The first-order chi connectivity index (χ1) is 16.9. The summed E-state index contributed by atoms with van der Waals surface area (Å²) in [4.78, 5) is 37.0. The van der Waals surface area contributed by atoms with Gasteiger partial charge in [-0.25, -0.2) is 9.59 Å². The Hall–Kier alpha value is -3.63. The minimum atomic E-state index is -1.07. The molecule has 3 rings (SSSR count). The van der Waals surface area contributed by atoms with Crippen molar-refractivity contribution in [3.8, 4) is 0 Å². The fraction of sp³-hybridized carbons (Fsp3) is 0.400. The van der Waals surface area contributed by atoms with E-state index in [0.717, 1.165) is 11.1 Å². The Labute approximate surface area is 203 Å². The third-order valence-corrected chi connectivity index (χ3v) is 5.39. The first-order valence-corrected chi connectivity index (χ1v) is 11.2. The second-order valence-electron chi connectivity index (χ2n) is 8.01. The minimum Gasteiger partial charge on any atom is -0.445 e. The topological polar surface area (TPSA) is 121 Å². The predicted molar refractivity (Wildman–Crippen MR) is 124 cm³/mol. The van der Waals surface area contributed by atoms with Crippen LogP contribution in [-0.4, -0.2) is 55.8 Å². The van der Waals surface area contributed by atoms with E-state index in [2.05, 4.69) is 10.6 Å². The summed E-state index contributed by atoms with van der Waals surface area (Å²) in [5.74, 6) is -0.396. The molecule has 0 aliphatic carbocycles. The van der Waals surface area contributed by atoms with Crippen molar-refractivity contribution >= 4 is 18.2 Å². The normalized spacial score (nSPS) is 23.6. The van der Waals surface area contributed by atoms with Crippen molar-refractivity contribution in [2.24, 2.45) is 0 Å². The van der Waals surface area contributed by atoms with E-state index in [-0.39, 0.29) is 13.2 Å². The molecule has 1 saturated heterocycles. The van der Waals surface area contributed by atoms with Crippen LogP contribution in [0.2, 0.25) is 0 Å². The molecule has 1 aliphatic heterocycles. The molecule has 2 amide bonds. The van der Waals surface area contributed by atoms with E-state index in [0.29, 0.717) is 0 Å². The number of carbonyl (C=O) groups is 3. The molecule has 0 spiro atoms. The smallest absolute Gasteiger partial charge is 0.445 e. The summed E-state index contributed by atoms with van der Waals surface area (Å²) in [6.07, 6.45) is -4.36. The van der Waals surface area contributed by atoms with Gasteiger partial charge in [0, 0.05) is 14.0 Å². The summed E-state index contributed by atoms with van der Waals surface area (Å²) in [5, 5.41) is 5.37. The van der Waals surface area contributed by atoms with Gasteiger partial charge in [-0.15, -0.1) is 0 Å². The van der Waals surface area contributed by atoms with Gasteiger partial charge in [-0.05, 0) is 18.1 Å². The lowest BCUT2D eigenvalue weighted by molar-refractivity contribution is -0.228. The summed E-state index contributed by atoms with van der Waals surface area (Å²) < 4.78 is 27.3. The van der Waals surface area contributed by atoms with E-state index in [9.17, 15) is 14.4 Å². The first kappa shape index (κ1) is 26.0. The summed E-state index contributed by atoms with van der Waals surface area (Å²) >= 11 is 0. The molecule has 1 heterocycles. The van der Waals surface area contributed by atoms with E-state index in [1.165, 1.54) is 14.0 Å². The van der Waals surface area contributed by atoms with Crippen LogP contribution in [0.3, 0.4) is 0 Å². The highest BCUT2D eigenvalue weighted by Gasteiger charge is 2.48. The molecule has 1 fully saturated rings. The Morgan fingerprint density at radius 3 is 1.97 bits per heavy atom. The molecule has 0 saturated carbocycles. The highest BCUT2D eigenvalue weighted by atomic mass is 16.7. The SMILES string of the molecule is CO[C@H]1O[C@H](C)[C@H](NC(=O)OCc2ccccc2)[C@H](OC(=O)OCc2ccccc2)[C@H]1NC(C)=O. The zero-order valence-corrected chi connectivity index (χ0v) is 19.8. The Morgan fingerprint density at radius 1 is 0.857 bits per heavy atom. The van der Waals surface area contributed by atoms with Crippen molar-refractivity contribution in [1.82, 2.24) is 10.6 Å². The van der Waals surface area contributed by atoms with E-state index in [1.54, 1.807) is 19.1 Å². The molecule has 2 aromatic rings. The zero-order valence-electron chi connectivity index (χ0n) is 19.8. The van der Waals surface area contributed by atoms with Crippen LogP contribution in [0, 0.1) is 0 Å². The van der Waals surface area contributed by atoms with Gasteiger partial charge in [-0.3, -0.25) is 4.79 Å². The highest BCUT2D eigenvalue weighted by Crippen LogP contribution is 2.25. The molecule has 2 aromatic carbocycles. The number of nitrogens with one attached hydrogen (secondary N) is 2. The van der Waals surface area contributed by atoms with Crippen molar-refractivity contribution in [2.45, 2.75) is 57.6 Å². The quantitative estimate of drug-likeness (QED) is 0.547. The number of hydrogen-bond donors (Lipinski definition) is 2. The number of methoxy groups -OCH3 is 1. The van der Waals surface area contributed by atoms with E-state index >= 15 is 0 Å². The molecule has 188 valence electrons. The summed E-state index contributed by atoms with van der Waals surface area (Å²) in [7, 11) is 1.40. The predicted octanol–water partition coefficient (Wildman–Crippen LogP) is 2.90. The van der Waals surface area contributed by atoms with Crippen LogP contribution in [-0.2, 0) is 41.7 Å². The molecular formula is C25H30N2O8. The van der Waals surface area contributed by atoms with Gasteiger partial charge in [0.25, 0.3) is 0 Å². The number of carbonyl (C=O) groups excluding carboxylic acids is 3. The Bertz CT molecular complexity index is 972. The number of benzene rings is 2. The van der Waals surface area contributed by atoms with E-state index in [1.807, 2.05) is 48.5 Å². The molecule has 2 N–H and O–H groups in total. The third kappa shape index (κ3) is 7.69. The van der Waals surface area contributed by atoms with Gasteiger partial charge in [-0.1, -0.05) is 60.7 Å². The van der Waals surface area contributed by atoms with Gasteiger partial charge >= 0.3 is 12.2 Å². The van der Waals surface area contributed by atoms with Crippen LogP contribution in [0.5, 0.6) is 0 Å². The second kappa shape index (κ2) is 12.7. The van der Waals surface area contributed by atoms with Gasteiger partial charge in [0.05, 0.1) is 12.1 Å². The number of rotatable bonds is 8. The van der Waals surface area contributed by atoms with Gasteiger partial charge in [-0.2, -0.15) is 0 Å². The Morgan fingerprint density at radius 2 is 1.43 bits per heavy atom. The fourth-order valence-electron chi connectivity index (χ4n) is 3.72. The summed E-state index contributed by atoms with van der Waals surface area (Å²) in [6.45, 7) is 3.04. The van der Waals surface area contributed by atoms with Crippen LogP contribution in [0.25, 0.3) is 0 Å². The molecule has 35 heavy (non-hydrogen) atoms. The van der Waals surface area contributed by atoms with Crippen molar-refractivity contribution < 1.29 is 38.1 Å². The number of hydrogen-bond acceptors (Lipinski definition) is 8. The molecule has 5 atom stereocenters. The maximum atomic E-state index is 12.6. The first-order valence-electron chi connectivity index (χ1n) is 11.2. The van der Waals surface area contributed by atoms with E-state index in [4.69, 9.17) is 23.7 Å². The standard InChI is InChI=1S/C25H30N2O8/c1-16-20(27-24(29)32-14-18-10-6-4-7-11-18)22(21(26-17(2)28)23(31-3)34-16)35-25(30)33-15-19-12-8-5-9-13-19/h4-13,16,20-23H,14-15H2,1-3H3,(H,26,28)(H,27,29)/t16-,20+,21-,22+,23+/m1/s1. The Balaban J connectivity index is 1.72. The van der Waals surface area contributed by atoms with Crippen LogP contribution in [0.1, 0.15) is 25.0 Å². The number of alkyl carbamates (subject to hydrolysis) is 1. The maximum absolute atomic E-state index is 12.6. The average molecular weight is 487 g/mol. The van der Waals surface area contributed by atoms with Crippen molar-refractivity contribution in [1.29, 1.82) is 0 Å². The second-order valence-corrected chi connectivity index (χ2v) is 8.01. The Kier molecular flexibility index (Phi) is 9.45. The van der Waals surface area contributed by atoms with Gasteiger partial charge in [0.1, 0.15) is 19.3 Å². The largest absolute Gasteiger partial charge is 0.509 e.